The van der Waals surface area contributed by atoms with Crippen LogP contribution in [0.25, 0.3) is 0 Å². The summed E-state index contributed by atoms with van der Waals surface area (Å²) in [6.45, 7) is 15.4. The monoisotopic (exact) mass is 433 g/mol. The van der Waals surface area contributed by atoms with Gasteiger partial charge in [-0.1, -0.05) is 54.9 Å². The first-order valence-corrected chi connectivity index (χ1v) is 10.4. The SMILES string of the molecule is CCCCn1cc(C(=O)c2cc(C(C)(C)C)c(O)c(C(C)(C)C)c2)cc1Br. The minimum atomic E-state index is -0.256. The number of halogens is 1. The summed E-state index contributed by atoms with van der Waals surface area (Å²) in [6, 6.07) is 5.59. The minimum Gasteiger partial charge on any atom is -0.507 e. The van der Waals surface area contributed by atoms with Crippen LogP contribution in [0.15, 0.2) is 29.0 Å². The highest BCUT2D eigenvalue weighted by Crippen LogP contribution is 2.40. The number of aromatic hydroxyl groups is 1. The second kappa shape index (κ2) is 7.83. The molecule has 0 aliphatic rings. The van der Waals surface area contributed by atoms with Gasteiger partial charge in [0.05, 0.1) is 4.60 Å². The summed E-state index contributed by atoms with van der Waals surface area (Å²) in [5, 5.41) is 10.9. The van der Waals surface area contributed by atoms with Gasteiger partial charge in [0.2, 0.25) is 0 Å². The molecule has 1 heterocycles. The Hall–Kier alpha value is -1.55. The molecule has 27 heavy (non-hydrogen) atoms. The van der Waals surface area contributed by atoms with Crippen LogP contribution in [-0.2, 0) is 17.4 Å². The quantitative estimate of drug-likeness (QED) is 0.540. The standard InChI is InChI=1S/C23H32BrNO2/c1-8-9-10-25-14-16(13-19(25)24)20(26)15-11-17(22(2,3)4)21(27)18(12-15)23(5,6)7/h11-14,27H,8-10H2,1-7H3. The van der Waals surface area contributed by atoms with Crippen LogP contribution in [0.5, 0.6) is 5.75 Å². The highest BCUT2D eigenvalue weighted by molar-refractivity contribution is 9.10. The van der Waals surface area contributed by atoms with Gasteiger partial charge in [0, 0.05) is 35.0 Å². The molecule has 0 fully saturated rings. The summed E-state index contributed by atoms with van der Waals surface area (Å²) >= 11 is 3.56. The number of unbranched alkanes of at least 4 members (excludes halogenated alkanes) is 1. The largest absolute Gasteiger partial charge is 0.507 e. The molecule has 1 N–H and O–H groups in total. The fraction of sp³-hybridized carbons (Fsp3) is 0.522. The summed E-state index contributed by atoms with van der Waals surface area (Å²) in [6.07, 6.45) is 4.10. The van der Waals surface area contributed by atoms with E-state index in [9.17, 15) is 9.90 Å². The molecule has 4 heteroatoms. The van der Waals surface area contributed by atoms with Crippen LogP contribution in [0.3, 0.4) is 0 Å². The minimum absolute atomic E-state index is 0.0121. The maximum atomic E-state index is 13.2. The number of benzene rings is 1. The van der Waals surface area contributed by atoms with E-state index in [1.807, 2.05) is 24.4 Å². The van der Waals surface area contributed by atoms with E-state index in [1.165, 1.54) is 0 Å². The van der Waals surface area contributed by atoms with Gasteiger partial charge in [-0.05, 0) is 51.4 Å². The molecule has 3 nitrogen and oxygen atoms in total. The average Bonchev–Trinajstić information content (AvgIpc) is 2.91. The van der Waals surface area contributed by atoms with Gasteiger partial charge in [0.1, 0.15) is 5.75 Å². The first-order chi connectivity index (χ1) is 12.4. The Bertz CT molecular complexity index is 800. The van der Waals surface area contributed by atoms with Crippen LogP contribution in [0.1, 0.15) is 88.4 Å². The number of nitrogens with zero attached hydrogens (tertiary/aromatic N) is 1. The number of aryl methyl sites for hydroxylation is 1. The third-order valence-electron chi connectivity index (χ3n) is 4.85. The molecular formula is C23H32BrNO2. The molecule has 0 unspecified atom stereocenters. The Morgan fingerprint density at radius 3 is 1.96 bits per heavy atom. The van der Waals surface area contributed by atoms with Crippen molar-refractivity contribution in [2.75, 3.05) is 0 Å². The molecule has 0 spiro atoms. The fourth-order valence-corrected chi connectivity index (χ4v) is 3.70. The normalized spacial score (nSPS) is 12.4. The molecule has 2 rings (SSSR count). The Kier molecular flexibility index (Phi) is 6.30. The number of aromatic nitrogens is 1. The van der Waals surface area contributed by atoms with Crippen molar-refractivity contribution < 1.29 is 9.90 Å². The van der Waals surface area contributed by atoms with Gasteiger partial charge in [0.15, 0.2) is 5.78 Å². The molecule has 0 radical (unpaired) electrons. The Morgan fingerprint density at radius 2 is 1.52 bits per heavy atom. The van der Waals surface area contributed by atoms with E-state index in [0.717, 1.165) is 35.1 Å². The van der Waals surface area contributed by atoms with Gasteiger partial charge < -0.3 is 9.67 Å². The zero-order valence-electron chi connectivity index (χ0n) is 17.6. The maximum Gasteiger partial charge on any atom is 0.194 e. The van der Waals surface area contributed by atoms with Crippen LogP contribution in [0, 0.1) is 0 Å². The van der Waals surface area contributed by atoms with Gasteiger partial charge in [-0.25, -0.2) is 0 Å². The van der Waals surface area contributed by atoms with Crippen LogP contribution in [-0.4, -0.2) is 15.5 Å². The van der Waals surface area contributed by atoms with Crippen LogP contribution < -0.4 is 0 Å². The van der Waals surface area contributed by atoms with Crippen molar-refractivity contribution in [2.45, 2.75) is 78.7 Å². The number of carbonyl (C=O) groups excluding carboxylic acids is 1. The number of hydrogen-bond donors (Lipinski definition) is 1. The Morgan fingerprint density at radius 1 is 1.00 bits per heavy atom. The molecule has 1 aromatic heterocycles. The van der Waals surface area contributed by atoms with Gasteiger partial charge in [-0.3, -0.25) is 4.79 Å². The van der Waals surface area contributed by atoms with Gasteiger partial charge >= 0.3 is 0 Å². The Balaban J connectivity index is 2.56. The van der Waals surface area contributed by atoms with Crippen molar-refractivity contribution in [2.24, 2.45) is 0 Å². The second-order valence-electron chi connectivity index (χ2n) is 9.35. The lowest BCUT2D eigenvalue weighted by Gasteiger charge is -2.28. The first-order valence-electron chi connectivity index (χ1n) is 9.64. The molecule has 0 saturated carbocycles. The lowest BCUT2D eigenvalue weighted by Crippen LogP contribution is -2.19. The van der Waals surface area contributed by atoms with Crippen molar-refractivity contribution in [3.63, 3.8) is 0 Å². The number of phenols is 1. The topological polar surface area (TPSA) is 42.2 Å². The van der Waals surface area contributed by atoms with Crippen molar-refractivity contribution in [1.82, 2.24) is 4.57 Å². The summed E-state index contributed by atoms with van der Waals surface area (Å²) < 4.78 is 3.00. The second-order valence-corrected chi connectivity index (χ2v) is 10.2. The number of rotatable bonds is 5. The number of phenolic OH excluding ortho intramolecular Hbond substituents is 1. The van der Waals surface area contributed by atoms with E-state index < -0.39 is 0 Å². The molecule has 148 valence electrons. The molecule has 0 bridgehead atoms. The molecule has 0 aliphatic heterocycles. The summed E-state index contributed by atoms with van der Waals surface area (Å²) in [5.41, 5.74) is 2.40. The third-order valence-corrected chi connectivity index (χ3v) is 5.53. The molecule has 0 atom stereocenters. The smallest absolute Gasteiger partial charge is 0.194 e. The van der Waals surface area contributed by atoms with Gasteiger partial charge in [-0.15, -0.1) is 0 Å². The maximum absolute atomic E-state index is 13.2. The molecule has 0 aliphatic carbocycles. The van der Waals surface area contributed by atoms with E-state index in [0.29, 0.717) is 16.9 Å². The first kappa shape index (κ1) is 21.7. The third kappa shape index (κ3) is 4.84. The van der Waals surface area contributed by atoms with Crippen molar-refractivity contribution >= 4 is 21.7 Å². The molecule has 2 aromatic rings. The molecule has 0 amide bonds. The zero-order chi connectivity index (χ0) is 20.6. The molecular weight excluding hydrogens is 402 g/mol. The summed E-state index contributed by atoms with van der Waals surface area (Å²) in [7, 11) is 0. The number of ketones is 1. The average molecular weight is 434 g/mol. The van der Waals surface area contributed by atoms with Crippen LogP contribution >= 0.6 is 15.9 Å². The van der Waals surface area contributed by atoms with E-state index in [4.69, 9.17) is 0 Å². The van der Waals surface area contributed by atoms with E-state index in [1.54, 1.807) is 0 Å². The highest BCUT2D eigenvalue weighted by atomic mass is 79.9. The van der Waals surface area contributed by atoms with Crippen molar-refractivity contribution in [1.29, 1.82) is 0 Å². The number of hydrogen-bond acceptors (Lipinski definition) is 2. The van der Waals surface area contributed by atoms with Crippen molar-refractivity contribution in [3.8, 4) is 5.75 Å². The van der Waals surface area contributed by atoms with Crippen LogP contribution in [0.4, 0.5) is 0 Å². The van der Waals surface area contributed by atoms with Gasteiger partial charge in [0.25, 0.3) is 0 Å². The summed E-state index contributed by atoms with van der Waals surface area (Å²) in [4.78, 5) is 13.2. The zero-order valence-corrected chi connectivity index (χ0v) is 19.2. The lowest BCUT2D eigenvalue weighted by molar-refractivity contribution is 0.103. The van der Waals surface area contributed by atoms with Crippen molar-refractivity contribution in [3.05, 3.63) is 51.3 Å². The summed E-state index contributed by atoms with van der Waals surface area (Å²) in [5.74, 6) is 0.287. The predicted molar refractivity (Wildman–Crippen MR) is 116 cm³/mol. The Labute approximate surface area is 171 Å². The lowest BCUT2D eigenvalue weighted by atomic mass is 9.78. The predicted octanol–water partition coefficient (Wildman–Crippen LogP) is 6.58. The fourth-order valence-electron chi connectivity index (χ4n) is 3.18. The molecule has 1 aromatic carbocycles. The van der Waals surface area contributed by atoms with Crippen LogP contribution in [0.2, 0.25) is 0 Å². The highest BCUT2D eigenvalue weighted by Gasteiger charge is 2.28. The van der Waals surface area contributed by atoms with E-state index in [2.05, 4.69) is 69.0 Å². The van der Waals surface area contributed by atoms with E-state index >= 15 is 0 Å². The molecule has 0 saturated heterocycles. The van der Waals surface area contributed by atoms with E-state index in [-0.39, 0.29) is 16.6 Å². The van der Waals surface area contributed by atoms with Gasteiger partial charge in [-0.2, -0.15) is 0 Å². The number of carbonyl (C=O) groups is 1.